The fourth-order valence-electron chi connectivity index (χ4n) is 3.39. The number of hydrogen-bond donors (Lipinski definition) is 2. The van der Waals surface area contributed by atoms with Crippen LogP contribution >= 0.6 is 0 Å². The molecule has 2 N–H and O–H groups in total. The normalized spacial score (nSPS) is 12.3. The molecule has 0 fully saturated rings. The predicted molar refractivity (Wildman–Crippen MR) is 120 cm³/mol. The first-order valence-electron chi connectivity index (χ1n) is 9.74. The summed E-state index contributed by atoms with van der Waals surface area (Å²) in [4.78, 5) is 12.9. The van der Waals surface area contributed by atoms with Crippen molar-refractivity contribution in [1.29, 1.82) is 0 Å². The lowest BCUT2D eigenvalue weighted by atomic mass is 10.00. The van der Waals surface area contributed by atoms with Crippen molar-refractivity contribution in [1.82, 2.24) is 5.32 Å². The van der Waals surface area contributed by atoms with E-state index in [1.54, 1.807) is 43.3 Å². The van der Waals surface area contributed by atoms with Gasteiger partial charge in [-0.1, -0.05) is 42.0 Å². The SMILES string of the molecule is Cc1ccc([C@H](C)NC(=O)c2ccc(NS(=O)(=O)c3ccccc3)c(C)c2)c(C)c1. The van der Waals surface area contributed by atoms with Crippen LogP contribution in [0.3, 0.4) is 0 Å². The number of anilines is 1. The van der Waals surface area contributed by atoms with Gasteiger partial charge in [-0.05, 0) is 74.7 Å². The third kappa shape index (κ3) is 4.89. The molecule has 3 aromatic carbocycles. The molecule has 3 aromatic rings. The zero-order valence-corrected chi connectivity index (χ0v) is 18.4. The van der Waals surface area contributed by atoms with Crippen molar-refractivity contribution in [2.24, 2.45) is 0 Å². The van der Waals surface area contributed by atoms with Crippen molar-refractivity contribution < 1.29 is 13.2 Å². The summed E-state index contributed by atoms with van der Waals surface area (Å²) in [5, 5.41) is 3.02. The summed E-state index contributed by atoms with van der Waals surface area (Å²) in [6, 6.07) is 19.1. The lowest BCUT2D eigenvalue weighted by Crippen LogP contribution is -2.27. The number of benzene rings is 3. The van der Waals surface area contributed by atoms with Crippen LogP contribution in [0.25, 0.3) is 0 Å². The van der Waals surface area contributed by atoms with Crippen LogP contribution in [0, 0.1) is 20.8 Å². The summed E-state index contributed by atoms with van der Waals surface area (Å²) in [7, 11) is -3.68. The minimum Gasteiger partial charge on any atom is -0.346 e. The molecule has 0 aromatic heterocycles. The molecule has 0 spiro atoms. The maximum atomic E-state index is 12.7. The van der Waals surface area contributed by atoms with Gasteiger partial charge in [0.1, 0.15) is 0 Å². The molecular weight excluding hydrogens is 396 g/mol. The summed E-state index contributed by atoms with van der Waals surface area (Å²) < 4.78 is 27.7. The van der Waals surface area contributed by atoms with Crippen molar-refractivity contribution in [2.45, 2.75) is 38.6 Å². The number of carbonyl (C=O) groups is 1. The van der Waals surface area contributed by atoms with Gasteiger partial charge in [0.15, 0.2) is 0 Å². The molecule has 5 nitrogen and oxygen atoms in total. The largest absolute Gasteiger partial charge is 0.346 e. The van der Waals surface area contributed by atoms with E-state index >= 15 is 0 Å². The number of carbonyl (C=O) groups excluding carboxylic acids is 1. The Kier molecular flexibility index (Phi) is 6.27. The summed E-state index contributed by atoms with van der Waals surface area (Å²) in [6.45, 7) is 7.79. The van der Waals surface area contributed by atoms with Crippen LogP contribution in [-0.2, 0) is 10.0 Å². The van der Waals surface area contributed by atoms with Gasteiger partial charge < -0.3 is 5.32 Å². The number of amides is 1. The standard InChI is InChI=1S/C24H26N2O3S/c1-16-10-12-22(17(2)14-16)19(4)25-24(27)20-11-13-23(18(3)15-20)26-30(28,29)21-8-6-5-7-9-21/h5-15,19,26H,1-4H3,(H,25,27)/t19-/m0/s1. The molecular formula is C24H26N2O3S. The Hall–Kier alpha value is -3.12. The molecule has 1 amide bonds. The van der Waals surface area contributed by atoms with Crippen LogP contribution in [0.1, 0.15) is 45.6 Å². The third-order valence-electron chi connectivity index (χ3n) is 5.03. The number of nitrogens with one attached hydrogen (secondary N) is 2. The Morgan fingerprint density at radius 1 is 0.867 bits per heavy atom. The highest BCUT2D eigenvalue weighted by atomic mass is 32.2. The Morgan fingerprint density at radius 3 is 2.20 bits per heavy atom. The highest BCUT2D eigenvalue weighted by molar-refractivity contribution is 7.92. The summed E-state index contributed by atoms with van der Waals surface area (Å²) in [5.74, 6) is -0.206. The van der Waals surface area contributed by atoms with Gasteiger partial charge in [0.05, 0.1) is 16.6 Å². The van der Waals surface area contributed by atoms with Gasteiger partial charge in [-0.3, -0.25) is 9.52 Å². The topological polar surface area (TPSA) is 75.3 Å². The van der Waals surface area contributed by atoms with Crippen LogP contribution < -0.4 is 10.0 Å². The lowest BCUT2D eigenvalue weighted by Gasteiger charge is -2.18. The predicted octanol–water partition coefficient (Wildman–Crippen LogP) is 4.90. The molecule has 156 valence electrons. The van der Waals surface area contributed by atoms with Crippen molar-refractivity contribution >= 4 is 21.6 Å². The van der Waals surface area contributed by atoms with Crippen LogP contribution in [0.15, 0.2) is 71.6 Å². The maximum Gasteiger partial charge on any atom is 0.261 e. The first-order chi connectivity index (χ1) is 14.2. The van der Waals surface area contributed by atoms with E-state index in [0.717, 1.165) is 11.1 Å². The highest BCUT2D eigenvalue weighted by Gasteiger charge is 2.17. The van der Waals surface area contributed by atoms with Crippen LogP contribution in [0.2, 0.25) is 0 Å². The van der Waals surface area contributed by atoms with Gasteiger partial charge in [0.25, 0.3) is 15.9 Å². The average Bonchev–Trinajstić information content (AvgIpc) is 2.70. The van der Waals surface area contributed by atoms with E-state index in [1.807, 2.05) is 32.9 Å². The zero-order chi connectivity index (χ0) is 21.9. The van der Waals surface area contributed by atoms with E-state index in [-0.39, 0.29) is 16.8 Å². The van der Waals surface area contributed by atoms with Gasteiger partial charge in [0, 0.05) is 5.56 Å². The highest BCUT2D eigenvalue weighted by Crippen LogP contribution is 2.22. The summed E-state index contributed by atoms with van der Waals surface area (Å²) in [6.07, 6.45) is 0. The first kappa shape index (κ1) is 21.6. The van der Waals surface area contributed by atoms with Crippen molar-refractivity contribution in [3.63, 3.8) is 0 Å². The van der Waals surface area contributed by atoms with E-state index in [4.69, 9.17) is 0 Å². The molecule has 0 bridgehead atoms. The van der Waals surface area contributed by atoms with Crippen molar-refractivity contribution in [3.8, 4) is 0 Å². The second-order valence-corrected chi connectivity index (χ2v) is 9.19. The van der Waals surface area contributed by atoms with E-state index in [0.29, 0.717) is 16.8 Å². The summed E-state index contributed by atoms with van der Waals surface area (Å²) >= 11 is 0. The molecule has 30 heavy (non-hydrogen) atoms. The second kappa shape index (κ2) is 8.71. The average molecular weight is 423 g/mol. The number of sulfonamides is 1. The van der Waals surface area contributed by atoms with E-state index in [2.05, 4.69) is 16.1 Å². The van der Waals surface area contributed by atoms with Crippen LogP contribution in [0.4, 0.5) is 5.69 Å². The molecule has 0 aliphatic carbocycles. The Labute approximate surface area is 178 Å². The number of rotatable bonds is 6. The molecule has 6 heteroatoms. The Morgan fingerprint density at radius 2 is 1.57 bits per heavy atom. The maximum absolute atomic E-state index is 12.7. The smallest absolute Gasteiger partial charge is 0.261 e. The van der Waals surface area contributed by atoms with Crippen molar-refractivity contribution in [2.75, 3.05) is 4.72 Å². The molecule has 0 radical (unpaired) electrons. The van der Waals surface area contributed by atoms with Gasteiger partial charge >= 0.3 is 0 Å². The Bertz CT molecular complexity index is 1170. The van der Waals surface area contributed by atoms with E-state index in [1.165, 1.54) is 17.7 Å². The minimum absolute atomic E-state index is 0.144. The van der Waals surface area contributed by atoms with Crippen LogP contribution in [-0.4, -0.2) is 14.3 Å². The molecule has 0 heterocycles. The molecule has 0 saturated carbocycles. The zero-order valence-electron chi connectivity index (χ0n) is 17.6. The monoisotopic (exact) mass is 422 g/mol. The number of aryl methyl sites for hydroxylation is 3. The fourth-order valence-corrected chi connectivity index (χ4v) is 4.54. The van der Waals surface area contributed by atoms with Gasteiger partial charge in [0.2, 0.25) is 0 Å². The Balaban J connectivity index is 1.75. The molecule has 0 aliphatic rings. The van der Waals surface area contributed by atoms with E-state index < -0.39 is 10.0 Å². The van der Waals surface area contributed by atoms with Gasteiger partial charge in [-0.15, -0.1) is 0 Å². The first-order valence-corrected chi connectivity index (χ1v) is 11.2. The number of hydrogen-bond acceptors (Lipinski definition) is 3. The summed E-state index contributed by atoms with van der Waals surface area (Å²) in [5.41, 5.74) is 4.97. The van der Waals surface area contributed by atoms with Crippen LogP contribution in [0.5, 0.6) is 0 Å². The quantitative estimate of drug-likeness (QED) is 0.593. The molecule has 0 saturated heterocycles. The van der Waals surface area contributed by atoms with Crippen molar-refractivity contribution in [3.05, 3.63) is 94.5 Å². The molecule has 0 aliphatic heterocycles. The van der Waals surface area contributed by atoms with Gasteiger partial charge in [-0.2, -0.15) is 0 Å². The lowest BCUT2D eigenvalue weighted by molar-refractivity contribution is 0.0939. The molecule has 0 unspecified atom stereocenters. The fraction of sp³-hybridized carbons (Fsp3) is 0.208. The minimum atomic E-state index is -3.68. The second-order valence-electron chi connectivity index (χ2n) is 7.50. The molecule has 1 atom stereocenters. The van der Waals surface area contributed by atoms with E-state index in [9.17, 15) is 13.2 Å². The molecule has 3 rings (SSSR count). The van der Waals surface area contributed by atoms with Gasteiger partial charge in [-0.25, -0.2) is 8.42 Å². The third-order valence-corrected chi connectivity index (χ3v) is 6.41.